The first-order valence-electron chi connectivity index (χ1n) is 23.3. The fourth-order valence-electron chi connectivity index (χ4n) is 8.88. The van der Waals surface area contributed by atoms with Gasteiger partial charge in [-0.05, 0) is 28.8 Å². The summed E-state index contributed by atoms with van der Waals surface area (Å²) >= 11 is 7.34. The molecule has 17 heteroatoms. The van der Waals surface area contributed by atoms with E-state index >= 15 is 0 Å². The number of hydrogen-bond donors (Lipinski definition) is 2. The van der Waals surface area contributed by atoms with Crippen LogP contribution in [-0.2, 0) is 58.9 Å². The first-order chi connectivity index (χ1) is 34.8. The first-order valence-corrected chi connectivity index (χ1v) is 24.7. The van der Waals surface area contributed by atoms with Crippen LogP contribution in [0.15, 0.2) is 149 Å². The second-order valence-corrected chi connectivity index (χ2v) is 18.7. The van der Waals surface area contributed by atoms with Crippen LogP contribution in [0.4, 0.5) is 5.69 Å². The first kappa shape index (κ1) is 51.6. The summed E-state index contributed by atoms with van der Waals surface area (Å²) in [6.07, 6.45) is -8.03. The van der Waals surface area contributed by atoms with Gasteiger partial charge in [-0.3, -0.25) is 19.2 Å². The lowest BCUT2D eigenvalue weighted by Crippen LogP contribution is -2.62. The maximum atomic E-state index is 12.5. The summed E-state index contributed by atoms with van der Waals surface area (Å²) in [5, 5.41) is 13.7. The molecule has 0 spiro atoms. The standard InChI is InChI=1S/C55H54N2O13S2/c1-32(59)63-30-44-52(65-34(3)61)53(66-35(4)62)51(64-33(2)60)43(67-44)28-46(71)56-42-22-14-21-41(27-42)54-68-45(47(37-15-8-5-9-16-37)49(69-54)40-25-23-36(29-58)24-26-40)31-72-55-57-48(38-17-10-6-11-18-38)50(70-55)39-19-12-7-13-20-39/h5-27,43-45,47,49,51-54,58H,28-31H2,1-4H3,(H,56,71)/t43-,44+,45+,47+,49-,51-,52+,53+,54?/m0/s1. The molecule has 8 rings (SSSR count). The third-order valence-electron chi connectivity index (χ3n) is 11.9. The molecule has 9 atom stereocenters. The molecule has 1 unspecified atom stereocenters. The van der Waals surface area contributed by atoms with Gasteiger partial charge in [-0.2, -0.15) is 0 Å². The number of carbonyl (C=O) groups excluding carboxylic acids is 4. The molecule has 15 nitrogen and oxygen atoms in total. The van der Waals surface area contributed by atoms with Crippen LogP contribution >= 0.6 is 24.0 Å². The molecule has 0 bridgehead atoms. The molecule has 0 amide bonds. The fraction of sp³-hybridized carbons (Fsp3) is 0.309. The zero-order valence-electron chi connectivity index (χ0n) is 39.9. The Hall–Kier alpha value is -6.73. The van der Waals surface area contributed by atoms with Crippen molar-refractivity contribution in [3.8, 4) is 22.6 Å². The zero-order chi connectivity index (χ0) is 50.7. The molecule has 6 aromatic rings. The van der Waals surface area contributed by atoms with Crippen molar-refractivity contribution in [1.82, 2.24) is 4.98 Å². The Morgan fingerprint density at radius 3 is 1.86 bits per heavy atom. The number of nitrogens with zero attached hydrogens (tertiary/aromatic N) is 1. The highest BCUT2D eigenvalue weighted by molar-refractivity contribution is 7.99. The van der Waals surface area contributed by atoms with E-state index in [0.29, 0.717) is 28.0 Å². The summed E-state index contributed by atoms with van der Waals surface area (Å²) in [5.74, 6) is -2.03. The number of thioether (sulfide) groups is 1. The molecule has 0 saturated carbocycles. The highest BCUT2D eigenvalue weighted by Crippen LogP contribution is 2.49. The highest BCUT2D eigenvalue weighted by Gasteiger charge is 2.52. The van der Waals surface area contributed by atoms with Crippen molar-refractivity contribution in [2.75, 3.05) is 17.7 Å². The van der Waals surface area contributed by atoms with Gasteiger partial charge in [0.25, 0.3) is 5.22 Å². The highest BCUT2D eigenvalue weighted by atomic mass is 32.2. The van der Waals surface area contributed by atoms with Crippen LogP contribution in [0.25, 0.3) is 22.6 Å². The Bertz CT molecular complexity index is 2760. The summed E-state index contributed by atoms with van der Waals surface area (Å²) in [4.78, 5) is 54.4. The molecule has 0 radical (unpaired) electrons. The Labute approximate surface area is 426 Å². The number of ether oxygens (including phenoxy) is 7. The molecule has 2 fully saturated rings. The van der Waals surface area contributed by atoms with Gasteiger partial charge in [0.05, 0.1) is 23.8 Å². The molecule has 2 saturated heterocycles. The SMILES string of the molecule is CC(=O)OC[C@H]1O[C@@H](CC(=S)Nc2cccc(C3O[C@H](CSc4nc(-c5ccccc5)c(-c5ccccc5)o4)[C@@H](c4ccccc4)[C@H](c4ccc(CO)cc4)O3)c2)[C@H](OC(C)=O)[C@@H](OC(C)=O)[C@@H]1OC(C)=O. The van der Waals surface area contributed by atoms with E-state index in [1.807, 2.05) is 127 Å². The minimum atomic E-state index is -1.33. The quantitative estimate of drug-likeness (QED) is 0.0380. The summed E-state index contributed by atoms with van der Waals surface area (Å²) < 4.78 is 49.0. The van der Waals surface area contributed by atoms with Crippen LogP contribution in [0.3, 0.4) is 0 Å². The number of esters is 4. The van der Waals surface area contributed by atoms with Crippen LogP contribution < -0.4 is 5.32 Å². The van der Waals surface area contributed by atoms with Crippen molar-refractivity contribution >= 4 is 58.5 Å². The topological polar surface area (TPSA) is 191 Å². The van der Waals surface area contributed by atoms with Gasteiger partial charge in [0.1, 0.15) is 24.5 Å². The van der Waals surface area contributed by atoms with Gasteiger partial charge in [-0.15, -0.1) is 0 Å². The maximum absolute atomic E-state index is 12.5. The van der Waals surface area contributed by atoms with E-state index in [1.165, 1.54) is 25.6 Å². The van der Waals surface area contributed by atoms with Crippen LogP contribution in [0.5, 0.6) is 0 Å². The predicted molar refractivity (Wildman–Crippen MR) is 270 cm³/mol. The fourth-order valence-corrected chi connectivity index (χ4v) is 10.1. The summed E-state index contributed by atoms with van der Waals surface area (Å²) in [6.45, 7) is 4.24. The van der Waals surface area contributed by atoms with Crippen LogP contribution in [-0.4, -0.2) is 87.9 Å². The Balaban J connectivity index is 1.09. The average Bonchev–Trinajstić information content (AvgIpc) is 3.81. The van der Waals surface area contributed by atoms with E-state index in [4.69, 9.17) is 54.8 Å². The number of aliphatic hydroxyl groups excluding tert-OH is 1. The van der Waals surface area contributed by atoms with Crippen LogP contribution in [0.1, 0.15) is 74.7 Å². The van der Waals surface area contributed by atoms with E-state index in [0.717, 1.165) is 47.4 Å². The van der Waals surface area contributed by atoms with Crippen molar-refractivity contribution in [2.24, 2.45) is 0 Å². The molecular weight excluding hydrogens is 961 g/mol. The van der Waals surface area contributed by atoms with Gasteiger partial charge in [-0.25, -0.2) is 4.98 Å². The van der Waals surface area contributed by atoms with Crippen molar-refractivity contribution in [3.63, 3.8) is 0 Å². The number of oxazole rings is 1. The number of hydrogen-bond acceptors (Lipinski definition) is 16. The number of benzene rings is 5. The molecule has 2 N–H and O–H groups in total. The second-order valence-electron chi connectivity index (χ2n) is 17.2. The third-order valence-corrected chi connectivity index (χ3v) is 13.1. The monoisotopic (exact) mass is 1010 g/mol. The number of carbonyl (C=O) groups is 4. The molecule has 5 aromatic carbocycles. The Kier molecular flexibility index (Phi) is 17.3. The van der Waals surface area contributed by atoms with E-state index in [1.54, 1.807) is 0 Å². The largest absolute Gasteiger partial charge is 0.463 e. The Morgan fingerprint density at radius 2 is 1.24 bits per heavy atom. The van der Waals surface area contributed by atoms with Gasteiger partial charge >= 0.3 is 23.9 Å². The number of anilines is 1. The molecule has 72 heavy (non-hydrogen) atoms. The Morgan fingerprint density at radius 1 is 0.639 bits per heavy atom. The molecule has 2 aliphatic heterocycles. The van der Waals surface area contributed by atoms with Crippen molar-refractivity contribution in [1.29, 1.82) is 0 Å². The van der Waals surface area contributed by atoms with Crippen molar-refractivity contribution < 1.29 is 61.9 Å². The van der Waals surface area contributed by atoms with Crippen LogP contribution in [0, 0.1) is 0 Å². The molecule has 374 valence electrons. The summed E-state index contributed by atoms with van der Waals surface area (Å²) in [5.41, 5.74) is 6.44. The second kappa shape index (κ2) is 24.1. The average molecular weight is 1020 g/mol. The molecular formula is C55H54N2O13S2. The smallest absolute Gasteiger partial charge is 0.303 e. The van der Waals surface area contributed by atoms with Crippen LogP contribution in [0.2, 0.25) is 0 Å². The molecule has 1 aromatic heterocycles. The molecule has 3 heterocycles. The number of nitrogens with one attached hydrogen (secondary N) is 1. The lowest BCUT2D eigenvalue weighted by molar-refractivity contribution is -0.255. The number of aliphatic hydroxyl groups is 1. The normalized spacial score (nSPS) is 22.8. The number of thiocarbonyl (C=S) groups is 1. The van der Waals surface area contributed by atoms with E-state index in [-0.39, 0.29) is 30.5 Å². The van der Waals surface area contributed by atoms with Gasteiger partial charge in [0.15, 0.2) is 30.4 Å². The van der Waals surface area contributed by atoms with Crippen molar-refractivity contribution in [3.05, 3.63) is 162 Å². The third kappa shape index (κ3) is 13.0. The molecule has 0 aliphatic carbocycles. The minimum Gasteiger partial charge on any atom is -0.463 e. The minimum absolute atomic E-state index is 0.0716. The maximum Gasteiger partial charge on any atom is 0.303 e. The lowest BCUT2D eigenvalue weighted by Gasteiger charge is -2.44. The molecule has 2 aliphatic rings. The van der Waals surface area contributed by atoms with E-state index < -0.39 is 72.9 Å². The lowest BCUT2D eigenvalue weighted by atomic mass is 9.84. The van der Waals surface area contributed by atoms with E-state index in [9.17, 15) is 24.3 Å². The predicted octanol–water partition coefficient (Wildman–Crippen LogP) is 9.49. The summed E-state index contributed by atoms with van der Waals surface area (Å²) in [6, 6.07) is 45.0. The number of aromatic nitrogens is 1. The van der Waals surface area contributed by atoms with Gasteiger partial charge < -0.3 is 48.0 Å². The summed E-state index contributed by atoms with van der Waals surface area (Å²) in [7, 11) is 0. The zero-order valence-corrected chi connectivity index (χ0v) is 41.5. The van der Waals surface area contributed by atoms with Gasteiger partial charge in [-0.1, -0.05) is 151 Å². The van der Waals surface area contributed by atoms with Crippen molar-refractivity contribution in [2.45, 2.75) is 101 Å². The number of rotatable bonds is 17. The van der Waals surface area contributed by atoms with Gasteiger partial charge in [0, 0.05) is 68.2 Å². The van der Waals surface area contributed by atoms with Gasteiger partial charge in [0.2, 0.25) is 0 Å². The van der Waals surface area contributed by atoms with E-state index in [2.05, 4.69) is 17.4 Å².